The van der Waals surface area contributed by atoms with Crippen molar-refractivity contribution < 1.29 is 4.79 Å². The molecular formula is C26H43NO. The summed E-state index contributed by atoms with van der Waals surface area (Å²) in [5.74, 6) is -0.103. The minimum absolute atomic E-state index is 0.103. The predicted molar refractivity (Wildman–Crippen MR) is 120 cm³/mol. The standard InChI is InChI=1S/C26H43NO/c1-2-3-4-5-6-7-8-9-10-11-12-13-14-15-19-26(25(27)28)21-23-17-16-18-24(20-23)22-26/h16-18,20H,2-15,19,21-22H2,1H3,(H2,27,28). The number of fused-ring (bicyclic) bond motifs is 2. The highest BCUT2D eigenvalue weighted by Gasteiger charge is 2.38. The number of hydrogen-bond acceptors (Lipinski definition) is 1. The summed E-state index contributed by atoms with van der Waals surface area (Å²) in [4.78, 5) is 12.2. The van der Waals surface area contributed by atoms with Gasteiger partial charge >= 0.3 is 0 Å². The summed E-state index contributed by atoms with van der Waals surface area (Å²) in [5, 5.41) is 0. The molecule has 0 aliphatic heterocycles. The van der Waals surface area contributed by atoms with E-state index >= 15 is 0 Å². The Morgan fingerprint density at radius 2 is 1.21 bits per heavy atom. The van der Waals surface area contributed by atoms with Gasteiger partial charge in [-0.15, -0.1) is 0 Å². The first kappa shape index (κ1) is 23.0. The van der Waals surface area contributed by atoms with Crippen LogP contribution < -0.4 is 5.73 Å². The van der Waals surface area contributed by atoms with E-state index in [1.807, 2.05) is 0 Å². The lowest BCUT2D eigenvalue weighted by Crippen LogP contribution is -2.42. The summed E-state index contributed by atoms with van der Waals surface area (Å²) in [6.07, 6.45) is 21.7. The number of carbonyl (C=O) groups excluding carboxylic acids is 1. The fraction of sp³-hybridized carbons (Fsp3) is 0.731. The van der Waals surface area contributed by atoms with Gasteiger partial charge in [-0.05, 0) is 30.4 Å². The first-order valence-electron chi connectivity index (χ1n) is 12.0. The van der Waals surface area contributed by atoms with Crippen LogP contribution in [0, 0.1) is 5.41 Å². The monoisotopic (exact) mass is 385 g/mol. The van der Waals surface area contributed by atoms with Crippen LogP contribution in [-0.4, -0.2) is 5.91 Å². The second-order valence-corrected chi connectivity index (χ2v) is 9.16. The van der Waals surface area contributed by atoms with E-state index in [0.29, 0.717) is 0 Å². The lowest BCUT2D eigenvalue weighted by molar-refractivity contribution is -0.128. The highest BCUT2D eigenvalue weighted by molar-refractivity contribution is 5.82. The van der Waals surface area contributed by atoms with Gasteiger partial charge in [0.15, 0.2) is 0 Å². The van der Waals surface area contributed by atoms with E-state index in [0.717, 1.165) is 25.7 Å². The molecule has 158 valence electrons. The third-order valence-electron chi connectivity index (χ3n) is 6.61. The zero-order valence-corrected chi connectivity index (χ0v) is 18.3. The van der Waals surface area contributed by atoms with E-state index in [2.05, 4.69) is 31.2 Å². The summed E-state index contributed by atoms with van der Waals surface area (Å²) >= 11 is 0. The quantitative estimate of drug-likeness (QED) is 0.302. The number of hydrogen-bond donors (Lipinski definition) is 1. The van der Waals surface area contributed by atoms with E-state index in [1.165, 1.54) is 94.6 Å². The van der Waals surface area contributed by atoms with Crippen LogP contribution in [0.25, 0.3) is 0 Å². The van der Waals surface area contributed by atoms with Gasteiger partial charge < -0.3 is 5.73 Å². The van der Waals surface area contributed by atoms with Crippen LogP contribution in [0.2, 0.25) is 0 Å². The number of carbonyl (C=O) groups is 1. The summed E-state index contributed by atoms with van der Waals surface area (Å²) in [6.45, 7) is 2.28. The van der Waals surface area contributed by atoms with Gasteiger partial charge in [0.05, 0.1) is 5.41 Å². The smallest absolute Gasteiger partial charge is 0.224 e. The van der Waals surface area contributed by atoms with Crippen molar-refractivity contribution in [1.82, 2.24) is 0 Å². The molecule has 0 unspecified atom stereocenters. The van der Waals surface area contributed by atoms with Crippen LogP contribution in [0.3, 0.4) is 0 Å². The van der Waals surface area contributed by atoms with Crippen molar-refractivity contribution >= 4 is 5.91 Å². The third kappa shape index (κ3) is 7.97. The lowest BCUT2D eigenvalue weighted by atomic mass is 9.69. The first-order chi connectivity index (χ1) is 13.7. The van der Waals surface area contributed by atoms with Crippen LogP contribution in [-0.2, 0) is 17.6 Å². The molecule has 2 heteroatoms. The first-order valence-corrected chi connectivity index (χ1v) is 12.0. The molecule has 0 spiro atoms. The number of primary amides is 1. The molecular weight excluding hydrogens is 342 g/mol. The van der Waals surface area contributed by atoms with E-state index in [-0.39, 0.29) is 11.3 Å². The molecule has 1 aromatic carbocycles. The van der Waals surface area contributed by atoms with E-state index in [4.69, 9.17) is 5.73 Å². The molecule has 0 saturated heterocycles. The maximum absolute atomic E-state index is 12.2. The zero-order valence-electron chi connectivity index (χ0n) is 18.3. The second-order valence-electron chi connectivity index (χ2n) is 9.16. The van der Waals surface area contributed by atoms with Crippen molar-refractivity contribution in [2.24, 2.45) is 11.1 Å². The molecule has 0 radical (unpaired) electrons. The fourth-order valence-electron chi connectivity index (χ4n) is 4.83. The number of rotatable bonds is 16. The molecule has 2 N–H and O–H groups in total. The molecule has 0 fully saturated rings. The number of unbranched alkanes of at least 4 members (excludes halogenated alkanes) is 13. The average Bonchev–Trinajstić information content (AvgIpc) is 2.68. The Morgan fingerprint density at radius 3 is 1.64 bits per heavy atom. The second kappa shape index (κ2) is 13.0. The van der Waals surface area contributed by atoms with Gasteiger partial charge in [-0.3, -0.25) is 4.79 Å². The third-order valence-corrected chi connectivity index (χ3v) is 6.61. The van der Waals surface area contributed by atoms with Gasteiger partial charge in [0.25, 0.3) is 0 Å². The highest BCUT2D eigenvalue weighted by Crippen LogP contribution is 2.37. The molecule has 2 rings (SSSR count). The molecule has 2 nitrogen and oxygen atoms in total. The number of nitrogens with two attached hydrogens (primary N) is 1. The number of amides is 1. The summed E-state index contributed by atoms with van der Waals surface area (Å²) < 4.78 is 0. The Labute approximate surface area is 173 Å². The Morgan fingerprint density at radius 1 is 0.786 bits per heavy atom. The van der Waals surface area contributed by atoms with Gasteiger partial charge in [-0.2, -0.15) is 0 Å². The largest absolute Gasteiger partial charge is 0.369 e. The normalized spacial score (nSPS) is 14.9. The van der Waals surface area contributed by atoms with Crippen LogP contribution in [0.15, 0.2) is 24.3 Å². The summed E-state index contributed by atoms with van der Waals surface area (Å²) in [6, 6.07) is 8.59. The maximum atomic E-state index is 12.2. The minimum atomic E-state index is -0.336. The van der Waals surface area contributed by atoms with Crippen molar-refractivity contribution in [3.63, 3.8) is 0 Å². The van der Waals surface area contributed by atoms with Crippen LogP contribution in [0.4, 0.5) is 0 Å². The van der Waals surface area contributed by atoms with Gasteiger partial charge in [-0.25, -0.2) is 0 Å². The van der Waals surface area contributed by atoms with Crippen molar-refractivity contribution in [3.8, 4) is 0 Å². The lowest BCUT2D eigenvalue weighted by Gasteiger charge is -2.34. The van der Waals surface area contributed by atoms with Crippen molar-refractivity contribution in [1.29, 1.82) is 0 Å². The van der Waals surface area contributed by atoms with E-state index in [9.17, 15) is 4.79 Å². The highest BCUT2D eigenvalue weighted by atomic mass is 16.1. The average molecular weight is 386 g/mol. The molecule has 0 aromatic heterocycles. The summed E-state index contributed by atoms with van der Waals surface area (Å²) in [7, 11) is 0. The Kier molecular flexibility index (Phi) is 10.7. The topological polar surface area (TPSA) is 43.1 Å². The minimum Gasteiger partial charge on any atom is -0.369 e. The van der Waals surface area contributed by atoms with Gasteiger partial charge in [0.2, 0.25) is 5.91 Å². The predicted octanol–water partition coefficient (Wildman–Crippen LogP) is 7.13. The Bertz CT molecular complexity index is 544. The van der Waals surface area contributed by atoms with Crippen LogP contribution in [0.5, 0.6) is 0 Å². The zero-order chi connectivity index (χ0) is 20.1. The van der Waals surface area contributed by atoms with Crippen molar-refractivity contribution in [2.75, 3.05) is 0 Å². The van der Waals surface area contributed by atoms with Gasteiger partial charge in [0.1, 0.15) is 0 Å². The van der Waals surface area contributed by atoms with E-state index < -0.39 is 0 Å². The van der Waals surface area contributed by atoms with Crippen molar-refractivity contribution in [2.45, 2.75) is 116 Å². The summed E-state index contributed by atoms with van der Waals surface area (Å²) in [5.41, 5.74) is 8.05. The van der Waals surface area contributed by atoms with Crippen molar-refractivity contribution in [3.05, 3.63) is 35.4 Å². The van der Waals surface area contributed by atoms with Gasteiger partial charge in [-0.1, -0.05) is 121 Å². The SMILES string of the molecule is CCCCCCCCCCCCCCCCC1(C(N)=O)Cc2cccc(c2)C1. The molecule has 2 bridgehead atoms. The Balaban J connectivity index is 1.48. The molecule has 1 aliphatic carbocycles. The fourth-order valence-corrected chi connectivity index (χ4v) is 4.83. The van der Waals surface area contributed by atoms with E-state index in [1.54, 1.807) is 0 Å². The Hall–Kier alpha value is -1.31. The molecule has 28 heavy (non-hydrogen) atoms. The molecule has 0 saturated carbocycles. The molecule has 0 atom stereocenters. The van der Waals surface area contributed by atoms with Crippen LogP contribution >= 0.6 is 0 Å². The van der Waals surface area contributed by atoms with Crippen LogP contribution in [0.1, 0.15) is 114 Å². The number of benzene rings is 1. The maximum Gasteiger partial charge on any atom is 0.224 e. The molecule has 1 amide bonds. The van der Waals surface area contributed by atoms with Gasteiger partial charge in [0, 0.05) is 0 Å². The molecule has 1 aromatic rings. The molecule has 1 aliphatic rings. The molecule has 0 heterocycles.